The molecule has 0 radical (unpaired) electrons. The van der Waals surface area contributed by atoms with Crippen LogP contribution in [0.2, 0.25) is 0 Å². The number of aliphatic hydroxyl groups excluding tert-OH is 2. The van der Waals surface area contributed by atoms with Crippen molar-refractivity contribution in [3.63, 3.8) is 0 Å². The Bertz CT molecular complexity index is 884. The van der Waals surface area contributed by atoms with Crippen molar-refractivity contribution >= 4 is 12.2 Å². The first-order chi connectivity index (χ1) is 16.1. The van der Waals surface area contributed by atoms with E-state index in [0.717, 1.165) is 31.3 Å². The van der Waals surface area contributed by atoms with Gasteiger partial charge in [0.2, 0.25) is 0 Å². The summed E-state index contributed by atoms with van der Waals surface area (Å²) in [4.78, 5) is 16.5. The number of carbonyl (C=O) groups excluding carboxylic acids is 1. The van der Waals surface area contributed by atoms with Crippen LogP contribution in [0.4, 0.5) is 0 Å². The van der Waals surface area contributed by atoms with Gasteiger partial charge in [0, 0.05) is 29.5 Å². The highest BCUT2D eigenvalue weighted by molar-refractivity contribution is 5.85. The van der Waals surface area contributed by atoms with Crippen molar-refractivity contribution in [2.75, 3.05) is 13.2 Å². The molecule has 4 fully saturated rings. The standard InChI is InChI=1S/C27H41NO6/c1-3-18(14-29)28-16-25-9-4-19(30)13-26(25,32)10-6-22-21(25)5-8-24(2)20(7-11-27(22,24)33)17-12-23(31)34-15-17/h12,16,18-22,29-30,32-33H,3-11,13-15H2,1-2H3/t18-,19+,20-,21+,22-,24-,25+,26-,27+/m1/s1. The maximum Gasteiger partial charge on any atom is 0.331 e. The number of rotatable bonds is 5. The zero-order chi connectivity index (χ0) is 24.4. The zero-order valence-corrected chi connectivity index (χ0v) is 20.6. The van der Waals surface area contributed by atoms with Crippen LogP contribution in [0.1, 0.15) is 78.1 Å². The van der Waals surface area contributed by atoms with Gasteiger partial charge in [-0.25, -0.2) is 4.79 Å². The Kier molecular flexibility index (Phi) is 6.03. The fourth-order valence-electron chi connectivity index (χ4n) is 8.88. The first-order valence-corrected chi connectivity index (χ1v) is 13.3. The van der Waals surface area contributed by atoms with Gasteiger partial charge in [-0.05, 0) is 81.1 Å². The van der Waals surface area contributed by atoms with Gasteiger partial charge in [-0.2, -0.15) is 0 Å². The number of aliphatic imine (C=N–C) groups is 1. The molecule has 4 saturated carbocycles. The predicted molar refractivity (Wildman–Crippen MR) is 127 cm³/mol. The Morgan fingerprint density at radius 3 is 2.59 bits per heavy atom. The van der Waals surface area contributed by atoms with E-state index in [-0.39, 0.29) is 41.8 Å². The van der Waals surface area contributed by atoms with E-state index in [2.05, 4.69) is 6.92 Å². The minimum absolute atomic E-state index is 0.0195. The maximum atomic E-state index is 12.4. The zero-order valence-electron chi connectivity index (χ0n) is 20.6. The molecular weight excluding hydrogens is 434 g/mol. The van der Waals surface area contributed by atoms with Crippen LogP contribution in [0.5, 0.6) is 0 Å². The topological polar surface area (TPSA) is 120 Å². The lowest BCUT2D eigenvalue weighted by Crippen LogP contribution is -2.68. The lowest BCUT2D eigenvalue weighted by molar-refractivity contribution is -0.237. The minimum Gasteiger partial charge on any atom is -0.458 e. The van der Waals surface area contributed by atoms with Crippen molar-refractivity contribution in [3.8, 4) is 0 Å². The second-order valence-electron chi connectivity index (χ2n) is 12.0. The summed E-state index contributed by atoms with van der Waals surface area (Å²) < 4.78 is 5.22. The molecule has 0 spiro atoms. The molecule has 0 aromatic carbocycles. The van der Waals surface area contributed by atoms with E-state index in [4.69, 9.17) is 9.73 Å². The number of cyclic esters (lactones) is 1. The maximum absolute atomic E-state index is 12.4. The van der Waals surface area contributed by atoms with Crippen LogP contribution in [-0.2, 0) is 9.53 Å². The second kappa shape index (κ2) is 8.39. The molecule has 0 aromatic rings. The molecule has 7 heteroatoms. The largest absolute Gasteiger partial charge is 0.458 e. The quantitative estimate of drug-likeness (QED) is 0.358. The van der Waals surface area contributed by atoms with Gasteiger partial charge in [0.1, 0.15) is 6.61 Å². The van der Waals surface area contributed by atoms with Crippen LogP contribution in [-0.4, -0.2) is 69.2 Å². The molecular formula is C27H41NO6. The van der Waals surface area contributed by atoms with Crippen LogP contribution in [0.25, 0.3) is 0 Å². The number of hydrogen-bond acceptors (Lipinski definition) is 7. The van der Waals surface area contributed by atoms with Gasteiger partial charge >= 0.3 is 5.97 Å². The third kappa shape index (κ3) is 3.30. The third-order valence-electron chi connectivity index (χ3n) is 10.8. The van der Waals surface area contributed by atoms with Gasteiger partial charge in [0.25, 0.3) is 0 Å². The summed E-state index contributed by atoms with van der Waals surface area (Å²) in [6.07, 6.45) is 9.79. The summed E-state index contributed by atoms with van der Waals surface area (Å²) in [5.41, 5.74) is -1.88. The van der Waals surface area contributed by atoms with Gasteiger partial charge in [0.15, 0.2) is 0 Å². The average molecular weight is 476 g/mol. The first kappa shape index (κ1) is 24.4. The summed E-state index contributed by atoms with van der Waals surface area (Å²) in [6.45, 7) is 4.49. The molecule has 0 amide bonds. The van der Waals surface area contributed by atoms with Crippen molar-refractivity contribution < 1.29 is 30.0 Å². The summed E-state index contributed by atoms with van der Waals surface area (Å²) in [5.74, 6) is -0.0740. The normalized spacial score (nSPS) is 49.2. The van der Waals surface area contributed by atoms with Gasteiger partial charge in [-0.15, -0.1) is 0 Å². The molecule has 4 aliphatic carbocycles. The van der Waals surface area contributed by atoms with E-state index in [0.29, 0.717) is 45.1 Å². The molecule has 0 saturated heterocycles. The summed E-state index contributed by atoms with van der Waals surface area (Å²) in [5, 5.41) is 44.6. The van der Waals surface area contributed by atoms with E-state index >= 15 is 0 Å². The number of ether oxygens (including phenoxy) is 1. The number of hydrogen-bond donors (Lipinski definition) is 4. The SMILES string of the molecule is CC[C@H](CO)N=C[C@]12CC[C@H](O)C[C@]1(O)CC[C@@H]1[C@@H]2CC[C@]2(C)[C@@H](C3=CC(=O)OC3)CC[C@]12O. The molecule has 0 bridgehead atoms. The van der Waals surface area contributed by atoms with E-state index in [1.807, 2.05) is 13.1 Å². The molecule has 4 N–H and O–H groups in total. The molecule has 7 nitrogen and oxygen atoms in total. The van der Waals surface area contributed by atoms with Gasteiger partial charge in [0.05, 0.1) is 30.0 Å². The third-order valence-corrected chi connectivity index (χ3v) is 10.8. The fourth-order valence-corrected chi connectivity index (χ4v) is 8.88. The number of carbonyl (C=O) groups is 1. The van der Waals surface area contributed by atoms with Crippen molar-refractivity contribution in [3.05, 3.63) is 11.6 Å². The molecule has 5 rings (SSSR count). The van der Waals surface area contributed by atoms with Crippen LogP contribution in [0, 0.1) is 28.6 Å². The van der Waals surface area contributed by atoms with E-state index in [1.165, 1.54) is 0 Å². The highest BCUT2D eigenvalue weighted by Gasteiger charge is 2.71. The molecule has 5 aliphatic rings. The monoisotopic (exact) mass is 475 g/mol. The Labute approximate surface area is 202 Å². The van der Waals surface area contributed by atoms with Crippen LogP contribution in [0.3, 0.4) is 0 Å². The smallest absolute Gasteiger partial charge is 0.331 e. The predicted octanol–water partition coefficient (Wildman–Crippen LogP) is 2.54. The Morgan fingerprint density at radius 2 is 1.91 bits per heavy atom. The number of esters is 1. The minimum atomic E-state index is -1.06. The summed E-state index contributed by atoms with van der Waals surface area (Å²) >= 11 is 0. The highest BCUT2D eigenvalue weighted by Crippen LogP contribution is 2.70. The van der Waals surface area contributed by atoms with Crippen LogP contribution in [0.15, 0.2) is 16.6 Å². The van der Waals surface area contributed by atoms with Crippen molar-refractivity contribution in [1.29, 1.82) is 0 Å². The summed E-state index contributed by atoms with van der Waals surface area (Å²) in [7, 11) is 0. The lowest BCUT2D eigenvalue weighted by Gasteiger charge is -2.65. The molecule has 9 atom stereocenters. The second-order valence-corrected chi connectivity index (χ2v) is 12.0. The van der Waals surface area contributed by atoms with Crippen LogP contribution >= 0.6 is 0 Å². The molecule has 190 valence electrons. The van der Waals surface area contributed by atoms with Gasteiger partial charge in [-0.1, -0.05) is 13.8 Å². The molecule has 0 unspecified atom stereocenters. The fraction of sp³-hybridized carbons (Fsp3) is 0.852. The number of nitrogens with zero attached hydrogens (tertiary/aromatic N) is 1. The lowest BCUT2D eigenvalue weighted by atomic mass is 9.41. The first-order valence-electron chi connectivity index (χ1n) is 13.3. The van der Waals surface area contributed by atoms with Gasteiger partial charge < -0.3 is 25.2 Å². The van der Waals surface area contributed by atoms with E-state index < -0.39 is 22.7 Å². The Hall–Kier alpha value is -1.28. The number of aliphatic hydroxyl groups is 4. The Balaban J connectivity index is 1.53. The van der Waals surface area contributed by atoms with Crippen LogP contribution < -0.4 is 0 Å². The van der Waals surface area contributed by atoms with Crippen molar-refractivity contribution in [2.24, 2.45) is 33.6 Å². The Morgan fingerprint density at radius 1 is 1.15 bits per heavy atom. The van der Waals surface area contributed by atoms with E-state index in [9.17, 15) is 25.2 Å². The molecule has 34 heavy (non-hydrogen) atoms. The number of fused-ring (bicyclic) bond motifs is 5. The van der Waals surface area contributed by atoms with Crippen molar-refractivity contribution in [1.82, 2.24) is 0 Å². The van der Waals surface area contributed by atoms with E-state index in [1.54, 1.807) is 6.08 Å². The summed E-state index contributed by atoms with van der Waals surface area (Å²) in [6, 6.07) is -0.203. The molecule has 1 heterocycles. The highest BCUT2D eigenvalue weighted by atomic mass is 16.5. The molecule has 1 aliphatic heterocycles. The van der Waals surface area contributed by atoms with Crippen molar-refractivity contribution in [2.45, 2.75) is 101 Å². The molecule has 0 aromatic heterocycles. The van der Waals surface area contributed by atoms with Gasteiger partial charge in [-0.3, -0.25) is 4.99 Å². The average Bonchev–Trinajstić information content (AvgIpc) is 3.34.